The number of carbonyl (C=O) groups excluding carboxylic acids is 2. The second-order valence-corrected chi connectivity index (χ2v) is 6.04. The van der Waals surface area contributed by atoms with Crippen LogP contribution in [0.2, 0.25) is 0 Å². The maximum atomic E-state index is 12.2. The van der Waals surface area contributed by atoms with Gasteiger partial charge in [0.25, 0.3) is 11.1 Å². The highest BCUT2D eigenvalue weighted by atomic mass is 32.2. The highest BCUT2D eigenvalue weighted by Crippen LogP contribution is 2.33. The fourth-order valence-electron chi connectivity index (χ4n) is 2.58. The predicted octanol–water partition coefficient (Wildman–Crippen LogP) is 2.78. The fraction of sp³-hybridized carbons (Fsp3) is 0.188. The summed E-state index contributed by atoms with van der Waals surface area (Å²) in [5.41, 5.74) is 1.50. The van der Waals surface area contributed by atoms with Crippen molar-refractivity contribution in [3.05, 3.63) is 40.9 Å². The predicted molar refractivity (Wildman–Crippen MR) is 87.9 cm³/mol. The van der Waals surface area contributed by atoms with Crippen molar-refractivity contribution >= 4 is 45.9 Å². The lowest BCUT2D eigenvalue weighted by atomic mass is 10.1. The van der Waals surface area contributed by atoms with Crippen molar-refractivity contribution in [1.29, 1.82) is 0 Å². The third-order valence-electron chi connectivity index (χ3n) is 3.60. The molecule has 0 atom stereocenters. The summed E-state index contributed by atoms with van der Waals surface area (Å²) < 4.78 is 1.62. The first kappa shape index (κ1) is 15.4. The van der Waals surface area contributed by atoms with Gasteiger partial charge in [0, 0.05) is 29.2 Å². The van der Waals surface area contributed by atoms with Gasteiger partial charge in [-0.3, -0.25) is 19.3 Å². The maximum absolute atomic E-state index is 12.2. The summed E-state index contributed by atoms with van der Waals surface area (Å²) >= 11 is 0.906. The van der Waals surface area contributed by atoms with Gasteiger partial charge in [-0.15, -0.1) is 0 Å². The third kappa shape index (κ3) is 2.75. The molecule has 0 spiro atoms. The molecule has 1 aromatic heterocycles. The Kier molecular flexibility index (Phi) is 3.96. The highest BCUT2D eigenvalue weighted by Gasteiger charge is 2.33. The van der Waals surface area contributed by atoms with Gasteiger partial charge in [0.1, 0.15) is 6.54 Å². The number of nitrogens with zero attached hydrogens (tertiary/aromatic N) is 2. The first-order chi connectivity index (χ1) is 11.0. The maximum Gasteiger partial charge on any atom is 0.323 e. The van der Waals surface area contributed by atoms with Gasteiger partial charge in [-0.1, -0.05) is 18.2 Å². The average molecular weight is 330 g/mol. The monoisotopic (exact) mass is 330 g/mol. The molecule has 2 aromatic rings. The molecule has 2 amide bonds. The topological polar surface area (TPSA) is 79.6 Å². The molecule has 0 radical (unpaired) electrons. The molecule has 3 rings (SSSR count). The molecule has 7 heteroatoms. The van der Waals surface area contributed by atoms with E-state index >= 15 is 0 Å². The molecule has 0 unspecified atom stereocenters. The number of carbonyl (C=O) groups is 3. The third-order valence-corrected chi connectivity index (χ3v) is 4.51. The van der Waals surface area contributed by atoms with Crippen LogP contribution < -0.4 is 0 Å². The number of amides is 2. The van der Waals surface area contributed by atoms with Crippen molar-refractivity contribution < 1.29 is 19.5 Å². The van der Waals surface area contributed by atoms with E-state index in [0.29, 0.717) is 11.4 Å². The lowest BCUT2D eigenvalue weighted by Gasteiger charge is -2.06. The molecular weight excluding hydrogens is 316 g/mol. The fourth-order valence-corrected chi connectivity index (χ4v) is 3.47. The van der Waals surface area contributed by atoms with Gasteiger partial charge in [-0.2, -0.15) is 0 Å². The van der Waals surface area contributed by atoms with Crippen LogP contribution in [-0.2, 0) is 16.1 Å². The standard InChI is InChI=1S/C16H14N2O4S/c1-2-18-15(21)13(23-16(18)22)7-10-8-17(9-14(19)20)12-6-4-3-5-11(10)12/h3-8H,2,9H2,1H3,(H,19,20)/b13-7-. The van der Waals surface area contributed by atoms with Crippen molar-refractivity contribution in [2.24, 2.45) is 0 Å². The molecule has 6 nitrogen and oxygen atoms in total. The number of likely N-dealkylation sites (N-methyl/N-ethyl adjacent to an activating group) is 1. The molecular formula is C16H14N2O4S. The van der Waals surface area contributed by atoms with Crippen LogP contribution >= 0.6 is 11.8 Å². The van der Waals surface area contributed by atoms with Gasteiger partial charge in [-0.25, -0.2) is 0 Å². The first-order valence-electron chi connectivity index (χ1n) is 7.06. The highest BCUT2D eigenvalue weighted by molar-refractivity contribution is 8.18. The smallest absolute Gasteiger partial charge is 0.323 e. The van der Waals surface area contributed by atoms with E-state index in [1.54, 1.807) is 23.8 Å². The van der Waals surface area contributed by atoms with Crippen LogP contribution in [0.4, 0.5) is 4.79 Å². The van der Waals surface area contributed by atoms with Crippen molar-refractivity contribution in [3.63, 3.8) is 0 Å². The minimum atomic E-state index is -0.941. The lowest BCUT2D eigenvalue weighted by molar-refractivity contribution is -0.137. The van der Waals surface area contributed by atoms with Crippen molar-refractivity contribution in [3.8, 4) is 0 Å². The number of carboxylic acids is 1. The Morgan fingerprint density at radius 1 is 1.30 bits per heavy atom. The van der Waals surface area contributed by atoms with E-state index in [1.807, 2.05) is 24.3 Å². The van der Waals surface area contributed by atoms with Crippen molar-refractivity contribution in [2.45, 2.75) is 13.5 Å². The number of benzene rings is 1. The number of hydrogen-bond acceptors (Lipinski definition) is 4. The van der Waals surface area contributed by atoms with Crippen LogP contribution in [0, 0.1) is 0 Å². The Morgan fingerprint density at radius 3 is 2.70 bits per heavy atom. The van der Waals surface area contributed by atoms with Crippen LogP contribution in [0.1, 0.15) is 12.5 Å². The molecule has 23 heavy (non-hydrogen) atoms. The molecule has 118 valence electrons. The summed E-state index contributed by atoms with van der Waals surface area (Å²) in [6, 6.07) is 7.37. The molecule has 1 fully saturated rings. The van der Waals surface area contributed by atoms with E-state index in [9.17, 15) is 14.4 Å². The number of hydrogen-bond donors (Lipinski definition) is 1. The molecule has 1 aromatic carbocycles. The Balaban J connectivity index is 2.07. The summed E-state index contributed by atoms with van der Waals surface area (Å²) in [6.45, 7) is 1.92. The molecule has 1 saturated heterocycles. The van der Waals surface area contributed by atoms with Crippen LogP contribution in [0.5, 0.6) is 0 Å². The van der Waals surface area contributed by atoms with Gasteiger partial charge in [-0.05, 0) is 30.8 Å². The molecule has 1 aliphatic heterocycles. The summed E-state index contributed by atoms with van der Waals surface area (Å²) in [5.74, 6) is -1.25. The largest absolute Gasteiger partial charge is 0.480 e. The van der Waals surface area contributed by atoms with E-state index in [2.05, 4.69) is 0 Å². The Bertz CT molecular complexity index is 853. The van der Waals surface area contributed by atoms with Crippen LogP contribution in [-0.4, -0.2) is 38.2 Å². The first-order valence-corrected chi connectivity index (χ1v) is 7.88. The van der Waals surface area contributed by atoms with Crippen molar-refractivity contribution in [1.82, 2.24) is 9.47 Å². The second-order valence-electron chi connectivity index (χ2n) is 5.05. The molecule has 2 heterocycles. The molecule has 0 bridgehead atoms. The number of imide groups is 1. The zero-order chi connectivity index (χ0) is 16.6. The second kappa shape index (κ2) is 5.92. The Labute approximate surface area is 136 Å². The number of rotatable bonds is 4. The number of carboxylic acid groups (broad SMARTS) is 1. The quantitative estimate of drug-likeness (QED) is 0.872. The van der Waals surface area contributed by atoms with Gasteiger partial charge < -0.3 is 9.67 Å². The number of para-hydroxylation sites is 1. The van der Waals surface area contributed by atoms with E-state index in [-0.39, 0.29) is 17.7 Å². The van der Waals surface area contributed by atoms with E-state index in [1.165, 1.54) is 4.90 Å². The van der Waals surface area contributed by atoms with Gasteiger partial charge in [0.2, 0.25) is 0 Å². The van der Waals surface area contributed by atoms with E-state index in [0.717, 1.165) is 28.2 Å². The zero-order valence-electron chi connectivity index (χ0n) is 12.4. The summed E-state index contributed by atoms with van der Waals surface area (Å²) in [7, 11) is 0. The number of aromatic nitrogens is 1. The van der Waals surface area contributed by atoms with E-state index < -0.39 is 5.97 Å². The SMILES string of the molecule is CCN1C(=O)S/C(=C\c2cn(CC(=O)O)c3ccccc23)C1=O. The number of thioether (sulfide) groups is 1. The minimum absolute atomic E-state index is 0.162. The van der Waals surface area contributed by atoms with Crippen molar-refractivity contribution in [2.75, 3.05) is 6.54 Å². The van der Waals surface area contributed by atoms with Crippen LogP contribution in [0.15, 0.2) is 35.4 Å². The van der Waals surface area contributed by atoms with Crippen LogP contribution in [0.3, 0.4) is 0 Å². The summed E-state index contributed by atoms with van der Waals surface area (Å²) in [6.07, 6.45) is 3.35. The minimum Gasteiger partial charge on any atom is -0.480 e. The molecule has 1 N–H and O–H groups in total. The van der Waals surface area contributed by atoms with Gasteiger partial charge >= 0.3 is 5.97 Å². The molecule has 0 aliphatic carbocycles. The summed E-state index contributed by atoms with van der Waals surface area (Å²) in [5, 5.41) is 9.58. The Hall–Kier alpha value is -2.54. The molecule has 0 saturated carbocycles. The number of fused-ring (bicyclic) bond motifs is 1. The average Bonchev–Trinajstić information content (AvgIpc) is 2.98. The molecule has 1 aliphatic rings. The summed E-state index contributed by atoms with van der Waals surface area (Å²) in [4.78, 5) is 36.5. The zero-order valence-corrected chi connectivity index (χ0v) is 13.2. The van der Waals surface area contributed by atoms with Crippen LogP contribution in [0.25, 0.3) is 17.0 Å². The lowest BCUT2D eigenvalue weighted by Crippen LogP contribution is -2.27. The van der Waals surface area contributed by atoms with Gasteiger partial charge in [0.05, 0.1) is 4.91 Å². The Morgan fingerprint density at radius 2 is 2.04 bits per heavy atom. The normalized spacial score (nSPS) is 16.7. The van der Waals surface area contributed by atoms with Gasteiger partial charge in [0.15, 0.2) is 0 Å². The van der Waals surface area contributed by atoms with E-state index in [4.69, 9.17) is 5.11 Å². The number of aliphatic carboxylic acids is 1.